The fourth-order valence-electron chi connectivity index (χ4n) is 2.49. The van der Waals surface area contributed by atoms with E-state index in [0.717, 1.165) is 25.7 Å². The Morgan fingerprint density at radius 3 is 2.47 bits per heavy atom. The molecular formula is C14H25NO4. The number of methoxy groups -OCH3 is 1. The highest BCUT2D eigenvalue weighted by Crippen LogP contribution is 2.25. The lowest BCUT2D eigenvalue weighted by molar-refractivity contribution is -0.146. The third kappa shape index (κ3) is 3.93. The standard InChI is InChI=1S/C14H25NO4/c1-4-14(2,19-3)13(18)15-11-9-7-5-6-8-10(11)12(16)17/h10-11H,4-9H2,1-3H3,(H,15,18)(H,16,17). The van der Waals surface area contributed by atoms with E-state index in [2.05, 4.69) is 5.32 Å². The van der Waals surface area contributed by atoms with Crippen LogP contribution in [-0.4, -0.2) is 35.7 Å². The number of aliphatic carboxylic acids is 1. The van der Waals surface area contributed by atoms with Gasteiger partial charge in [-0.05, 0) is 26.2 Å². The number of carbonyl (C=O) groups excluding carboxylic acids is 1. The van der Waals surface area contributed by atoms with Crippen molar-refractivity contribution in [2.45, 2.75) is 64.0 Å². The summed E-state index contributed by atoms with van der Waals surface area (Å²) in [5.74, 6) is -1.51. The molecule has 0 bridgehead atoms. The largest absolute Gasteiger partial charge is 0.481 e. The lowest BCUT2D eigenvalue weighted by Gasteiger charge is -2.30. The topological polar surface area (TPSA) is 75.6 Å². The summed E-state index contributed by atoms with van der Waals surface area (Å²) >= 11 is 0. The first-order valence-corrected chi connectivity index (χ1v) is 7.03. The number of nitrogens with one attached hydrogen (secondary N) is 1. The summed E-state index contributed by atoms with van der Waals surface area (Å²) in [5, 5.41) is 12.2. The van der Waals surface area contributed by atoms with Gasteiger partial charge in [0.15, 0.2) is 0 Å². The van der Waals surface area contributed by atoms with Crippen LogP contribution in [-0.2, 0) is 14.3 Å². The summed E-state index contributed by atoms with van der Waals surface area (Å²) in [6.45, 7) is 3.61. The molecule has 1 aliphatic carbocycles. The van der Waals surface area contributed by atoms with E-state index in [1.807, 2.05) is 6.92 Å². The molecule has 2 N–H and O–H groups in total. The molecule has 1 aliphatic rings. The summed E-state index contributed by atoms with van der Waals surface area (Å²) in [5.41, 5.74) is -0.880. The van der Waals surface area contributed by atoms with Crippen LogP contribution in [0.2, 0.25) is 0 Å². The Bertz CT molecular complexity index is 325. The van der Waals surface area contributed by atoms with Crippen molar-refractivity contribution in [2.24, 2.45) is 5.92 Å². The molecule has 0 heterocycles. The number of hydrogen-bond acceptors (Lipinski definition) is 3. The Morgan fingerprint density at radius 1 is 1.32 bits per heavy atom. The summed E-state index contributed by atoms with van der Waals surface area (Å²) in [6.07, 6.45) is 4.83. The zero-order chi connectivity index (χ0) is 14.5. The molecular weight excluding hydrogens is 246 g/mol. The SMILES string of the molecule is CCC(C)(OC)C(=O)NC1CCCCCC1C(=O)O. The number of ether oxygens (including phenoxy) is 1. The van der Waals surface area contributed by atoms with Crippen molar-refractivity contribution in [3.8, 4) is 0 Å². The van der Waals surface area contributed by atoms with Gasteiger partial charge in [-0.2, -0.15) is 0 Å². The zero-order valence-electron chi connectivity index (χ0n) is 12.1. The molecule has 110 valence electrons. The second kappa shape index (κ2) is 6.89. The van der Waals surface area contributed by atoms with E-state index in [9.17, 15) is 14.7 Å². The molecule has 3 atom stereocenters. The molecule has 3 unspecified atom stereocenters. The van der Waals surface area contributed by atoms with Crippen molar-refractivity contribution in [3.63, 3.8) is 0 Å². The number of amides is 1. The first kappa shape index (κ1) is 16.0. The lowest BCUT2D eigenvalue weighted by Crippen LogP contribution is -2.52. The van der Waals surface area contributed by atoms with E-state index in [1.165, 1.54) is 7.11 Å². The second-order valence-electron chi connectivity index (χ2n) is 5.45. The molecule has 0 aromatic heterocycles. The van der Waals surface area contributed by atoms with Crippen LogP contribution >= 0.6 is 0 Å². The van der Waals surface area contributed by atoms with Gasteiger partial charge in [-0.3, -0.25) is 9.59 Å². The maximum Gasteiger partial charge on any atom is 0.308 e. The van der Waals surface area contributed by atoms with E-state index < -0.39 is 17.5 Å². The Kier molecular flexibility index (Phi) is 5.79. The third-order valence-electron chi connectivity index (χ3n) is 4.26. The normalized spacial score (nSPS) is 27.1. The zero-order valence-corrected chi connectivity index (χ0v) is 12.1. The van der Waals surface area contributed by atoms with Crippen LogP contribution in [0.5, 0.6) is 0 Å². The number of carboxylic acid groups (broad SMARTS) is 1. The fourth-order valence-corrected chi connectivity index (χ4v) is 2.49. The molecule has 1 fully saturated rings. The summed E-state index contributed by atoms with van der Waals surface area (Å²) in [4.78, 5) is 23.6. The van der Waals surface area contributed by atoms with Gasteiger partial charge in [0.05, 0.1) is 5.92 Å². The molecule has 0 saturated heterocycles. The van der Waals surface area contributed by atoms with Crippen LogP contribution in [0.15, 0.2) is 0 Å². The molecule has 19 heavy (non-hydrogen) atoms. The van der Waals surface area contributed by atoms with Crippen LogP contribution < -0.4 is 5.32 Å². The van der Waals surface area contributed by atoms with Gasteiger partial charge in [-0.15, -0.1) is 0 Å². The maximum absolute atomic E-state index is 12.2. The Balaban J connectivity index is 2.76. The molecule has 0 radical (unpaired) electrons. The van der Waals surface area contributed by atoms with Gasteiger partial charge in [0, 0.05) is 13.2 Å². The molecule has 0 aromatic rings. The minimum absolute atomic E-state index is 0.212. The molecule has 5 nitrogen and oxygen atoms in total. The molecule has 1 amide bonds. The molecule has 0 spiro atoms. The van der Waals surface area contributed by atoms with Crippen LogP contribution in [0.25, 0.3) is 0 Å². The first-order valence-electron chi connectivity index (χ1n) is 7.03. The summed E-state index contributed by atoms with van der Waals surface area (Å²) in [6, 6.07) is -0.284. The van der Waals surface area contributed by atoms with E-state index >= 15 is 0 Å². The van der Waals surface area contributed by atoms with Gasteiger partial charge < -0.3 is 15.2 Å². The van der Waals surface area contributed by atoms with Crippen molar-refractivity contribution in [1.29, 1.82) is 0 Å². The highest BCUT2D eigenvalue weighted by molar-refractivity contribution is 5.85. The number of carbonyl (C=O) groups is 2. The van der Waals surface area contributed by atoms with E-state index in [-0.39, 0.29) is 11.9 Å². The number of rotatable bonds is 5. The summed E-state index contributed by atoms with van der Waals surface area (Å²) in [7, 11) is 1.50. The highest BCUT2D eigenvalue weighted by Gasteiger charge is 2.36. The predicted molar refractivity (Wildman–Crippen MR) is 71.8 cm³/mol. The van der Waals surface area contributed by atoms with Crippen molar-refractivity contribution < 1.29 is 19.4 Å². The highest BCUT2D eigenvalue weighted by atomic mass is 16.5. The first-order chi connectivity index (χ1) is 8.94. The van der Waals surface area contributed by atoms with Crippen LogP contribution in [0, 0.1) is 5.92 Å². The average molecular weight is 271 g/mol. The van der Waals surface area contributed by atoms with Crippen molar-refractivity contribution in [2.75, 3.05) is 7.11 Å². The van der Waals surface area contributed by atoms with Crippen LogP contribution in [0.1, 0.15) is 52.4 Å². The van der Waals surface area contributed by atoms with Crippen LogP contribution in [0.4, 0.5) is 0 Å². The molecule has 5 heteroatoms. The lowest BCUT2D eigenvalue weighted by atomic mass is 9.93. The van der Waals surface area contributed by atoms with E-state index in [0.29, 0.717) is 12.8 Å². The van der Waals surface area contributed by atoms with Gasteiger partial charge in [-0.25, -0.2) is 0 Å². The monoisotopic (exact) mass is 271 g/mol. The minimum Gasteiger partial charge on any atom is -0.481 e. The van der Waals surface area contributed by atoms with E-state index in [4.69, 9.17) is 4.74 Å². The minimum atomic E-state index is -0.880. The quantitative estimate of drug-likeness (QED) is 0.749. The molecule has 1 saturated carbocycles. The Labute approximate surface area is 114 Å². The third-order valence-corrected chi connectivity index (χ3v) is 4.26. The predicted octanol–water partition coefficient (Wildman–Crippen LogP) is 1.95. The van der Waals surface area contributed by atoms with Crippen molar-refractivity contribution in [1.82, 2.24) is 5.32 Å². The van der Waals surface area contributed by atoms with Gasteiger partial charge in [0.1, 0.15) is 5.60 Å². The molecule has 0 aliphatic heterocycles. The van der Waals surface area contributed by atoms with Crippen molar-refractivity contribution >= 4 is 11.9 Å². The molecule has 0 aromatic carbocycles. The molecule has 1 rings (SSSR count). The fraction of sp³-hybridized carbons (Fsp3) is 0.857. The number of carboxylic acids is 1. The average Bonchev–Trinajstić information content (AvgIpc) is 2.63. The Hall–Kier alpha value is -1.10. The smallest absolute Gasteiger partial charge is 0.308 e. The van der Waals surface area contributed by atoms with Crippen LogP contribution in [0.3, 0.4) is 0 Å². The Morgan fingerprint density at radius 2 is 1.95 bits per heavy atom. The van der Waals surface area contributed by atoms with Gasteiger partial charge in [0.2, 0.25) is 0 Å². The maximum atomic E-state index is 12.2. The summed E-state index contributed by atoms with van der Waals surface area (Å²) < 4.78 is 5.26. The van der Waals surface area contributed by atoms with Gasteiger partial charge >= 0.3 is 5.97 Å². The second-order valence-corrected chi connectivity index (χ2v) is 5.45. The van der Waals surface area contributed by atoms with Crippen molar-refractivity contribution in [3.05, 3.63) is 0 Å². The number of hydrogen-bond donors (Lipinski definition) is 2. The van der Waals surface area contributed by atoms with E-state index in [1.54, 1.807) is 6.92 Å². The van der Waals surface area contributed by atoms with Gasteiger partial charge in [0.25, 0.3) is 5.91 Å². The van der Waals surface area contributed by atoms with Gasteiger partial charge in [-0.1, -0.05) is 26.2 Å².